The van der Waals surface area contributed by atoms with Gasteiger partial charge in [-0.05, 0) is 0 Å². The Morgan fingerprint density at radius 3 is 2.21 bits per heavy atom. The Hall–Kier alpha value is -1.32. The lowest BCUT2D eigenvalue weighted by Gasteiger charge is -2.21. The first-order valence-corrected chi connectivity index (χ1v) is 4.63. The first-order valence-electron chi connectivity index (χ1n) is 4.63. The number of hydrogen-bond acceptors (Lipinski definition) is 4. The number of ketones is 3. The highest BCUT2D eigenvalue weighted by Gasteiger charge is 2.38. The maximum absolute atomic E-state index is 11.4. The number of rotatable bonds is 3. The highest BCUT2D eigenvalue weighted by atomic mass is 16.2. The summed E-state index contributed by atoms with van der Waals surface area (Å²) in [5.74, 6) is -2.73. The van der Waals surface area contributed by atoms with E-state index < -0.39 is 23.4 Å². The number of carbonyl (C=O) groups excluding carboxylic acids is 4. The fraction of sp³-hybridized carbons (Fsp3) is 0.600. The number of aldehydes is 1. The Morgan fingerprint density at radius 1 is 1.36 bits per heavy atom. The first-order chi connectivity index (χ1) is 6.60. The van der Waals surface area contributed by atoms with Gasteiger partial charge in [0, 0.05) is 25.2 Å². The summed E-state index contributed by atoms with van der Waals surface area (Å²) in [5, 5.41) is 0. The molecule has 0 aromatic carbocycles. The Kier molecular flexibility index (Phi) is 3.28. The van der Waals surface area contributed by atoms with Crippen molar-refractivity contribution in [2.24, 2.45) is 11.8 Å². The minimum absolute atomic E-state index is 0.0334. The molecule has 1 aliphatic rings. The molecule has 0 heterocycles. The summed E-state index contributed by atoms with van der Waals surface area (Å²) < 4.78 is 0. The summed E-state index contributed by atoms with van der Waals surface area (Å²) in [6.07, 6.45) is 0.869. The van der Waals surface area contributed by atoms with Crippen molar-refractivity contribution in [3.63, 3.8) is 0 Å². The maximum atomic E-state index is 11.4. The predicted molar refractivity (Wildman–Crippen MR) is 47.6 cm³/mol. The van der Waals surface area contributed by atoms with Crippen LogP contribution in [0.25, 0.3) is 0 Å². The Bertz CT molecular complexity index is 274. The minimum atomic E-state index is -1.09. The molecular formula is C10H12O4. The molecule has 76 valence electrons. The summed E-state index contributed by atoms with van der Waals surface area (Å²) in [5.41, 5.74) is 0. The van der Waals surface area contributed by atoms with Gasteiger partial charge in [-0.2, -0.15) is 0 Å². The topological polar surface area (TPSA) is 68.3 Å². The fourth-order valence-corrected chi connectivity index (χ4v) is 1.66. The van der Waals surface area contributed by atoms with Crippen molar-refractivity contribution >= 4 is 23.6 Å². The van der Waals surface area contributed by atoms with Crippen LogP contribution in [0.2, 0.25) is 0 Å². The molecule has 0 aliphatic heterocycles. The van der Waals surface area contributed by atoms with E-state index in [1.165, 1.54) is 0 Å². The largest absolute Gasteiger partial charge is 0.303 e. The second-order valence-corrected chi connectivity index (χ2v) is 3.49. The van der Waals surface area contributed by atoms with Crippen LogP contribution < -0.4 is 0 Å². The molecule has 1 rings (SSSR count). The normalized spacial score (nSPS) is 27.5. The van der Waals surface area contributed by atoms with E-state index in [4.69, 9.17) is 0 Å². The summed E-state index contributed by atoms with van der Waals surface area (Å²) >= 11 is 0. The average Bonchev–Trinajstić information content (AvgIpc) is 2.16. The molecule has 0 saturated heterocycles. The van der Waals surface area contributed by atoms with Crippen LogP contribution in [0, 0.1) is 11.8 Å². The number of hydrogen-bond donors (Lipinski definition) is 0. The van der Waals surface area contributed by atoms with Gasteiger partial charge in [0.1, 0.15) is 12.2 Å². The number of carbonyl (C=O) groups is 4. The van der Waals surface area contributed by atoms with Crippen LogP contribution in [0.3, 0.4) is 0 Å². The monoisotopic (exact) mass is 196 g/mol. The van der Waals surface area contributed by atoms with Crippen molar-refractivity contribution in [3.8, 4) is 0 Å². The van der Waals surface area contributed by atoms with E-state index in [1.54, 1.807) is 6.92 Å². The van der Waals surface area contributed by atoms with E-state index in [2.05, 4.69) is 0 Å². The Balaban J connectivity index is 2.80. The van der Waals surface area contributed by atoms with Gasteiger partial charge in [0.25, 0.3) is 0 Å². The second-order valence-electron chi connectivity index (χ2n) is 3.49. The van der Waals surface area contributed by atoms with Crippen molar-refractivity contribution in [2.45, 2.75) is 26.2 Å². The average molecular weight is 196 g/mol. The minimum Gasteiger partial charge on any atom is -0.303 e. The van der Waals surface area contributed by atoms with E-state index in [9.17, 15) is 19.2 Å². The SMILES string of the molecule is CCC(=O)C1C(=O)CC(C=O)CC1=O. The first kappa shape index (κ1) is 10.8. The van der Waals surface area contributed by atoms with Crippen LogP contribution in [-0.4, -0.2) is 23.6 Å². The second kappa shape index (κ2) is 4.26. The van der Waals surface area contributed by atoms with Gasteiger partial charge in [0.2, 0.25) is 0 Å². The van der Waals surface area contributed by atoms with Crippen molar-refractivity contribution in [1.29, 1.82) is 0 Å². The lowest BCUT2D eigenvalue weighted by atomic mass is 9.78. The molecule has 0 bridgehead atoms. The molecule has 0 radical (unpaired) electrons. The zero-order valence-electron chi connectivity index (χ0n) is 7.99. The molecule has 0 N–H and O–H groups in total. The molecule has 0 amide bonds. The summed E-state index contributed by atoms with van der Waals surface area (Å²) in [6.45, 7) is 1.62. The zero-order chi connectivity index (χ0) is 10.7. The summed E-state index contributed by atoms with van der Waals surface area (Å²) in [6, 6.07) is 0. The molecular weight excluding hydrogens is 184 g/mol. The van der Waals surface area contributed by atoms with Crippen molar-refractivity contribution < 1.29 is 19.2 Å². The third-order valence-corrected chi connectivity index (χ3v) is 2.43. The number of Topliss-reactive ketones (excluding diaryl/α,β-unsaturated/α-hetero) is 3. The van der Waals surface area contributed by atoms with E-state index >= 15 is 0 Å². The maximum Gasteiger partial charge on any atom is 0.151 e. The van der Waals surface area contributed by atoms with Crippen LogP contribution >= 0.6 is 0 Å². The molecule has 4 nitrogen and oxygen atoms in total. The molecule has 0 aromatic heterocycles. The van der Waals surface area contributed by atoms with Gasteiger partial charge in [-0.25, -0.2) is 0 Å². The highest BCUT2D eigenvalue weighted by molar-refractivity contribution is 6.21. The van der Waals surface area contributed by atoms with Gasteiger partial charge in [-0.3, -0.25) is 14.4 Å². The Morgan fingerprint density at radius 2 is 1.86 bits per heavy atom. The predicted octanol–water partition coefficient (Wildman–Crippen LogP) is 0.329. The summed E-state index contributed by atoms with van der Waals surface area (Å²) in [4.78, 5) is 44.4. The molecule has 14 heavy (non-hydrogen) atoms. The van der Waals surface area contributed by atoms with Crippen molar-refractivity contribution in [1.82, 2.24) is 0 Å². The van der Waals surface area contributed by atoms with Crippen LogP contribution in [0.4, 0.5) is 0 Å². The fourth-order valence-electron chi connectivity index (χ4n) is 1.66. The quantitative estimate of drug-likeness (QED) is 0.481. The standard InChI is InChI=1S/C10H12O4/c1-2-7(12)10-8(13)3-6(5-11)4-9(10)14/h5-6,10H,2-4H2,1H3. The molecule has 1 fully saturated rings. The smallest absolute Gasteiger partial charge is 0.151 e. The molecule has 1 aliphatic carbocycles. The van der Waals surface area contributed by atoms with Crippen LogP contribution in [0.1, 0.15) is 26.2 Å². The van der Waals surface area contributed by atoms with Gasteiger partial charge >= 0.3 is 0 Å². The molecule has 0 aromatic rings. The molecule has 0 unspecified atom stereocenters. The van der Waals surface area contributed by atoms with E-state index in [0.717, 1.165) is 0 Å². The molecule has 0 spiro atoms. The van der Waals surface area contributed by atoms with Gasteiger partial charge in [-0.1, -0.05) is 6.92 Å². The molecule has 1 saturated carbocycles. The highest BCUT2D eigenvalue weighted by Crippen LogP contribution is 2.23. The van der Waals surface area contributed by atoms with Crippen LogP contribution in [0.15, 0.2) is 0 Å². The van der Waals surface area contributed by atoms with Crippen molar-refractivity contribution in [2.75, 3.05) is 0 Å². The third kappa shape index (κ3) is 1.95. The van der Waals surface area contributed by atoms with E-state index in [-0.39, 0.29) is 25.0 Å². The van der Waals surface area contributed by atoms with Crippen LogP contribution in [-0.2, 0) is 19.2 Å². The Labute approximate surface area is 81.7 Å². The van der Waals surface area contributed by atoms with E-state index in [1.807, 2.05) is 0 Å². The van der Waals surface area contributed by atoms with Gasteiger partial charge in [-0.15, -0.1) is 0 Å². The third-order valence-electron chi connectivity index (χ3n) is 2.43. The lowest BCUT2D eigenvalue weighted by Crippen LogP contribution is -2.38. The molecule has 4 heteroatoms. The summed E-state index contributed by atoms with van der Waals surface area (Å²) in [7, 11) is 0. The van der Waals surface area contributed by atoms with Crippen LogP contribution in [0.5, 0.6) is 0 Å². The van der Waals surface area contributed by atoms with Gasteiger partial charge in [0.15, 0.2) is 17.3 Å². The van der Waals surface area contributed by atoms with Crippen molar-refractivity contribution in [3.05, 3.63) is 0 Å². The van der Waals surface area contributed by atoms with Gasteiger partial charge in [0.05, 0.1) is 0 Å². The lowest BCUT2D eigenvalue weighted by molar-refractivity contribution is -0.144. The molecule has 0 atom stereocenters. The van der Waals surface area contributed by atoms with Gasteiger partial charge < -0.3 is 4.79 Å². The van der Waals surface area contributed by atoms with E-state index in [0.29, 0.717) is 6.29 Å². The zero-order valence-corrected chi connectivity index (χ0v) is 7.99.